The van der Waals surface area contributed by atoms with Crippen molar-refractivity contribution in [2.24, 2.45) is 5.16 Å². The molecule has 13 heavy (non-hydrogen) atoms. The predicted octanol–water partition coefficient (Wildman–Crippen LogP) is 2.54. The number of nitrogens with zero attached hydrogens (tertiary/aromatic N) is 1. The minimum Gasteiger partial charge on any atom is -0.371 e. The lowest BCUT2D eigenvalue weighted by Gasteiger charge is -2.00. The number of oxime groups is 1. The van der Waals surface area contributed by atoms with Crippen molar-refractivity contribution < 1.29 is 4.84 Å². The summed E-state index contributed by atoms with van der Waals surface area (Å²) in [5, 5.41) is 3.85. The summed E-state index contributed by atoms with van der Waals surface area (Å²) in [6, 6.07) is 9.71. The van der Waals surface area contributed by atoms with Gasteiger partial charge < -0.3 is 4.84 Å². The number of benzene rings is 1. The molecule has 2 nitrogen and oxygen atoms in total. The van der Waals surface area contributed by atoms with E-state index in [1.165, 1.54) is 0 Å². The minimum atomic E-state index is -0.518. The summed E-state index contributed by atoms with van der Waals surface area (Å²) in [6.45, 7) is 3.81. The quantitative estimate of drug-likeness (QED) is 0.629. The van der Waals surface area contributed by atoms with Crippen molar-refractivity contribution in [2.75, 3.05) is 0 Å². The molecule has 1 aliphatic heterocycles. The zero-order valence-corrected chi connectivity index (χ0v) is 7.66. The zero-order valence-electron chi connectivity index (χ0n) is 6.90. The smallest absolute Gasteiger partial charge is 0.227 e. The summed E-state index contributed by atoms with van der Waals surface area (Å²) in [4.78, 5) is 4.89. The average Bonchev–Trinajstić information content (AvgIpc) is 2.49. The molecule has 1 aromatic rings. The van der Waals surface area contributed by atoms with Gasteiger partial charge in [-0.15, -0.1) is 0 Å². The third-order valence-corrected chi connectivity index (χ3v) is 2.20. The van der Waals surface area contributed by atoms with Crippen LogP contribution in [0, 0.1) is 0 Å². The third kappa shape index (κ3) is 1.45. The van der Waals surface area contributed by atoms with E-state index in [9.17, 15) is 0 Å². The highest BCUT2D eigenvalue weighted by Gasteiger charge is 2.24. The van der Waals surface area contributed by atoms with Crippen molar-refractivity contribution in [3.63, 3.8) is 0 Å². The van der Waals surface area contributed by atoms with Crippen molar-refractivity contribution in [2.45, 2.75) is 5.56 Å². The van der Waals surface area contributed by atoms with Gasteiger partial charge in [0.2, 0.25) is 5.56 Å². The molecular formula is C10H8ClNO. The Hall–Kier alpha value is -1.28. The first-order valence-corrected chi connectivity index (χ1v) is 4.35. The van der Waals surface area contributed by atoms with Crippen LogP contribution in [0.3, 0.4) is 0 Å². The van der Waals surface area contributed by atoms with E-state index in [4.69, 9.17) is 16.4 Å². The van der Waals surface area contributed by atoms with Crippen LogP contribution < -0.4 is 0 Å². The monoisotopic (exact) mass is 193 g/mol. The van der Waals surface area contributed by atoms with Crippen molar-refractivity contribution in [1.29, 1.82) is 0 Å². The van der Waals surface area contributed by atoms with E-state index >= 15 is 0 Å². The van der Waals surface area contributed by atoms with Gasteiger partial charge in [0.15, 0.2) is 0 Å². The molecule has 0 saturated heterocycles. The lowest BCUT2D eigenvalue weighted by Crippen LogP contribution is -2.05. The van der Waals surface area contributed by atoms with Gasteiger partial charge in [-0.05, 0) is 0 Å². The topological polar surface area (TPSA) is 21.6 Å². The van der Waals surface area contributed by atoms with Gasteiger partial charge in [-0.3, -0.25) is 0 Å². The molecule has 2 rings (SSSR count). The lowest BCUT2D eigenvalue weighted by atomic mass is 10.1. The summed E-state index contributed by atoms with van der Waals surface area (Å²) in [5.41, 5.74) is 1.92. The first kappa shape index (κ1) is 8.32. The van der Waals surface area contributed by atoms with Crippen LogP contribution in [-0.2, 0) is 4.84 Å². The van der Waals surface area contributed by atoms with E-state index in [1.54, 1.807) is 0 Å². The molecule has 1 heterocycles. The fraction of sp³-hybridized carbons (Fsp3) is 0.100. The molecule has 0 amide bonds. The van der Waals surface area contributed by atoms with Gasteiger partial charge in [-0.25, -0.2) is 0 Å². The maximum atomic E-state index is 5.77. The van der Waals surface area contributed by atoms with E-state index in [1.807, 2.05) is 30.3 Å². The summed E-state index contributed by atoms with van der Waals surface area (Å²) >= 11 is 5.77. The molecule has 0 bridgehead atoms. The average molecular weight is 194 g/mol. The molecule has 66 valence electrons. The van der Waals surface area contributed by atoms with E-state index in [2.05, 4.69) is 11.7 Å². The molecule has 0 saturated carbocycles. The Kier molecular flexibility index (Phi) is 2.07. The van der Waals surface area contributed by atoms with E-state index in [0.29, 0.717) is 5.57 Å². The van der Waals surface area contributed by atoms with E-state index in [-0.39, 0.29) is 0 Å². The Labute approximate surface area is 81.5 Å². The van der Waals surface area contributed by atoms with Gasteiger partial charge in [0.1, 0.15) is 5.71 Å². The SMILES string of the molecule is C=C1C(c2ccccc2)=NOC1Cl. The van der Waals surface area contributed by atoms with Crippen LogP contribution in [0.15, 0.2) is 47.6 Å². The maximum absolute atomic E-state index is 5.77. The molecule has 0 radical (unpaired) electrons. The van der Waals surface area contributed by atoms with Gasteiger partial charge in [0.05, 0.1) is 0 Å². The summed E-state index contributed by atoms with van der Waals surface area (Å²) < 4.78 is 0. The molecule has 1 unspecified atom stereocenters. The predicted molar refractivity (Wildman–Crippen MR) is 52.8 cm³/mol. The molecule has 3 heteroatoms. The molecule has 1 atom stereocenters. The number of halogens is 1. The highest BCUT2D eigenvalue weighted by atomic mass is 35.5. The minimum absolute atomic E-state index is 0.518. The van der Waals surface area contributed by atoms with Crippen LogP contribution in [0.4, 0.5) is 0 Å². The molecule has 0 fully saturated rings. The molecule has 0 spiro atoms. The number of hydrogen-bond donors (Lipinski definition) is 0. The van der Waals surface area contributed by atoms with Crippen LogP contribution in [0.5, 0.6) is 0 Å². The fourth-order valence-electron chi connectivity index (χ4n) is 1.16. The number of hydrogen-bond acceptors (Lipinski definition) is 2. The largest absolute Gasteiger partial charge is 0.371 e. The fourth-order valence-corrected chi connectivity index (χ4v) is 1.31. The summed E-state index contributed by atoms with van der Waals surface area (Å²) in [5.74, 6) is 0. The van der Waals surface area contributed by atoms with Crippen molar-refractivity contribution in [3.05, 3.63) is 48.0 Å². The molecule has 0 aliphatic carbocycles. The van der Waals surface area contributed by atoms with Crippen LogP contribution >= 0.6 is 11.6 Å². The first-order valence-electron chi connectivity index (χ1n) is 3.91. The second kappa shape index (κ2) is 3.23. The Bertz CT molecular complexity index is 358. The lowest BCUT2D eigenvalue weighted by molar-refractivity contribution is 0.159. The first-order chi connectivity index (χ1) is 6.29. The Morgan fingerprint density at radius 2 is 2.00 bits per heavy atom. The third-order valence-electron chi connectivity index (χ3n) is 1.86. The van der Waals surface area contributed by atoms with Gasteiger partial charge in [0.25, 0.3) is 0 Å². The number of rotatable bonds is 1. The van der Waals surface area contributed by atoms with E-state index in [0.717, 1.165) is 11.3 Å². The molecule has 1 aliphatic rings. The standard InChI is InChI=1S/C10H8ClNO/c1-7-9(12-13-10(7)11)8-5-3-2-4-6-8/h2-6,10H,1H2. The molecular weight excluding hydrogens is 186 g/mol. The van der Waals surface area contributed by atoms with Crippen molar-refractivity contribution in [1.82, 2.24) is 0 Å². The highest BCUT2D eigenvalue weighted by molar-refractivity contribution is 6.28. The van der Waals surface area contributed by atoms with Crippen LogP contribution in [0.2, 0.25) is 0 Å². The molecule has 0 aromatic heterocycles. The second-order valence-electron chi connectivity index (χ2n) is 2.75. The molecule has 1 aromatic carbocycles. The molecule has 0 N–H and O–H groups in total. The van der Waals surface area contributed by atoms with Crippen molar-refractivity contribution >= 4 is 17.3 Å². The Morgan fingerprint density at radius 3 is 2.54 bits per heavy atom. The van der Waals surface area contributed by atoms with Gasteiger partial charge >= 0.3 is 0 Å². The van der Waals surface area contributed by atoms with Crippen molar-refractivity contribution in [3.8, 4) is 0 Å². The summed E-state index contributed by atoms with van der Waals surface area (Å²) in [6.07, 6.45) is 0. The van der Waals surface area contributed by atoms with Crippen LogP contribution in [-0.4, -0.2) is 11.3 Å². The normalized spacial score (nSPS) is 21.2. The Balaban J connectivity index is 2.34. The van der Waals surface area contributed by atoms with Gasteiger partial charge in [-0.2, -0.15) is 0 Å². The van der Waals surface area contributed by atoms with Crippen LogP contribution in [0.25, 0.3) is 0 Å². The van der Waals surface area contributed by atoms with E-state index < -0.39 is 5.56 Å². The summed E-state index contributed by atoms with van der Waals surface area (Å²) in [7, 11) is 0. The van der Waals surface area contributed by atoms with Crippen LogP contribution in [0.1, 0.15) is 5.56 Å². The Morgan fingerprint density at radius 1 is 1.31 bits per heavy atom. The van der Waals surface area contributed by atoms with Gasteiger partial charge in [0, 0.05) is 11.1 Å². The highest BCUT2D eigenvalue weighted by Crippen LogP contribution is 2.23. The second-order valence-corrected chi connectivity index (χ2v) is 3.15. The number of alkyl halides is 1. The zero-order chi connectivity index (χ0) is 9.26. The van der Waals surface area contributed by atoms with Gasteiger partial charge in [-0.1, -0.05) is 53.7 Å². The maximum Gasteiger partial charge on any atom is 0.227 e.